The van der Waals surface area contributed by atoms with Crippen molar-refractivity contribution in [2.45, 2.75) is 50.3 Å². The number of nitrogens with zero attached hydrogens (tertiary/aromatic N) is 3. The molecule has 2 aliphatic rings. The van der Waals surface area contributed by atoms with Crippen molar-refractivity contribution in [1.82, 2.24) is 13.9 Å². The zero-order chi connectivity index (χ0) is 15.0. The molecule has 1 aromatic rings. The summed E-state index contributed by atoms with van der Waals surface area (Å²) in [6.07, 6.45) is 6.50. The molecule has 1 aliphatic heterocycles. The van der Waals surface area contributed by atoms with Crippen LogP contribution in [0.1, 0.15) is 39.2 Å². The smallest absolute Gasteiger partial charge is 0.262 e. The van der Waals surface area contributed by atoms with Crippen LogP contribution in [0.2, 0.25) is 0 Å². The van der Waals surface area contributed by atoms with Gasteiger partial charge in [0.15, 0.2) is 5.03 Å². The highest BCUT2D eigenvalue weighted by atomic mass is 32.2. The fraction of sp³-hybridized carbons (Fsp3) is 0.786. The van der Waals surface area contributed by atoms with Gasteiger partial charge in [-0.2, -0.15) is 4.31 Å². The Bertz CT molecular complexity index is 592. The molecule has 1 aromatic heterocycles. The van der Waals surface area contributed by atoms with Crippen LogP contribution in [-0.2, 0) is 14.8 Å². The van der Waals surface area contributed by atoms with Gasteiger partial charge in [0, 0.05) is 31.9 Å². The Balaban J connectivity index is 1.64. The lowest BCUT2D eigenvalue weighted by molar-refractivity contribution is 0.0561. The fourth-order valence-electron chi connectivity index (χ4n) is 2.47. The van der Waals surface area contributed by atoms with Crippen molar-refractivity contribution in [1.29, 1.82) is 0 Å². The van der Waals surface area contributed by atoms with E-state index in [0.717, 1.165) is 13.0 Å². The molecule has 1 saturated heterocycles. The Labute approximate surface area is 126 Å². The van der Waals surface area contributed by atoms with Crippen LogP contribution in [0.3, 0.4) is 0 Å². The van der Waals surface area contributed by atoms with E-state index < -0.39 is 10.0 Å². The van der Waals surface area contributed by atoms with Gasteiger partial charge >= 0.3 is 0 Å². The summed E-state index contributed by atoms with van der Waals surface area (Å²) in [5.74, 6) is 0.706. The van der Waals surface area contributed by atoms with Gasteiger partial charge in [0.1, 0.15) is 0 Å². The first-order valence-corrected chi connectivity index (χ1v) is 9.06. The Hall–Kier alpha value is -0.920. The summed E-state index contributed by atoms with van der Waals surface area (Å²) in [5, 5.41) is 0.138. The third kappa shape index (κ3) is 3.30. The molecule has 0 aromatic carbocycles. The summed E-state index contributed by atoms with van der Waals surface area (Å²) in [6, 6.07) is 0.203. The second kappa shape index (κ2) is 5.70. The SMILES string of the molecule is CC(C)n1cnc(S(=O)(=O)N2CCC(OCC3CC3)C2)c1. The van der Waals surface area contributed by atoms with E-state index in [9.17, 15) is 8.42 Å². The molecule has 0 bridgehead atoms. The number of aromatic nitrogens is 2. The molecule has 1 saturated carbocycles. The molecule has 1 atom stereocenters. The van der Waals surface area contributed by atoms with Crippen LogP contribution in [0.15, 0.2) is 17.6 Å². The van der Waals surface area contributed by atoms with Gasteiger partial charge in [-0.05, 0) is 39.0 Å². The topological polar surface area (TPSA) is 64.4 Å². The van der Waals surface area contributed by atoms with Gasteiger partial charge in [-0.15, -0.1) is 0 Å². The minimum Gasteiger partial charge on any atom is -0.377 e. The highest BCUT2D eigenvalue weighted by molar-refractivity contribution is 7.89. The molecule has 0 radical (unpaired) electrons. The maximum Gasteiger partial charge on any atom is 0.262 e. The molecular formula is C14H23N3O3S. The van der Waals surface area contributed by atoms with Crippen LogP contribution in [-0.4, -0.2) is 48.1 Å². The molecule has 0 spiro atoms. The minimum absolute atomic E-state index is 0.0348. The Morgan fingerprint density at radius 2 is 2.14 bits per heavy atom. The number of hydrogen-bond acceptors (Lipinski definition) is 4. The molecular weight excluding hydrogens is 290 g/mol. The first-order valence-electron chi connectivity index (χ1n) is 7.62. The molecule has 7 heteroatoms. The normalized spacial score (nSPS) is 24.0. The van der Waals surface area contributed by atoms with E-state index in [4.69, 9.17) is 4.74 Å². The van der Waals surface area contributed by atoms with Gasteiger partial charge in [0.2, 0.25) is 0 Å². The van der Waals surface area contributed by atoms with Crippen molar-refractivity contribution in [2.75, 3.05) is 19.7 Å². The lowest BCUT2D eigenvalue weighted by Gasteiger charge is -2.15. The van der Waals surface area contributed by atoms with Crippen molar-refractivity contribution < 1.29 is 13.2 Å². The lowest BCUT2D eigenvalue weighted by atomic mass is 10.3. The van der Waals surface area contributed by atoms with Gasteiger partial charge in [0.25, 0.3) is 10.0 Å². The summed E-state index contributed by atoms with van der Waals surface area (Å²) < 4.78 is 34.2. The molecule has 2 heterocycles. The molecule has 1 unspecified atom stereocenters. The van der Waals surface area contributed by atoms with Crippen LogP contribution in [0, 0.1) is 5.92 Å². The Morgan fingerprint density at radius 3 is 2.76 bits per heavy atom. The maximum absolute atomic E-state index is 12.6. The largest absolute Gasteiger partial charge is 0.377 e. The summed E-state index contributed by atoms with van der Waals surface area (Å²) in [5.41, 5.74) is 0. The van der Waals surface area contributed by atoms with E-state index in [1.54, 1.807) is 12.5 Å². The van der Waals surface area contributed by atoms with E-state index in [1.165, 1.54) is 17.1 Å². The monoisotopic (exact) mass is 313 g/mol. The van der Waals surface area contributed by atoms with Crippen LogP contribution in [0.5, 0.6) is 0 Å². The summed E-state index contributed by atoms with van der Waals surface area (Å²) >= 11 is 0. The van der Waals surface area contributed by atoms with Crippen LogP contribution in [0.4, 0.5) is 0 Å². The van der Waals surface area contributed by atoms with Crippen molar-refractivity contribution in [3.63, 3.8) is 0 Å². The zero-order valence-electron chi connectivity index (χ0n) is 12.6. The maximum atomic E-state index is 12.6. The van der Waals surface area contributed by atoms with Gasteiger partial charge in [-0.1, -0.05) is 0 Å². The van der Waals surface area contributed by atoms with Gasteiger partial charge < -0.3 is 9.30 Å². The number of rotatable bonds is 6. The van der Waals surface area contributed by atoms with Crippen LogP contribution in [0.25, 0.3) is 0 Å². The number of imidazole rings is 1. The molecule has 6 nitrogen and oxygen atoms in total. The van der Waals surface area contributed by atoms with Crippen molar-refractivity contribution in [3.05, 3.63) is 12.5 Å². The van der Waals surface area contributed by atoms with Crippen molar-refractivity contribution in [3.8, 4) is 0 Å². The van der Waals surface area contributed by atoms with Gasteiger partial charge in [0.05, 0.1) is 12.4 Å². The standard InChI is InChI=1S/C14H23N3O3S/c1-11(2)16-8-14(15-10-16)21(18,19)17-6-5-13(7-17)20-9-12-3-4-12/h8,10-13H,3-7,9H2,1-2H3. The first-order chi connectivity index (χ1) is 9.96. The highest BCUT2D eigenvalue weighted by Gasteiger charge is 2.35. The number of ether oxygens (including phenoxy) is 1. The van der Waals surface area contributed by atoms with Gasteiger partial charge in [-0.25, -0.2) is 13.4 Å². The van der Waals surface area contributed by atoms with Gasteiger partial charge in [-0.3, -0.25) is 0 Å². The Morgan fingerprint density at radius 1 is 1.38 bits per heavy atom. The van der Waals surface area contributed by atoms with Crippen molar-refractivity contribution in [2.24, 2.45) is 5.92 Å². The minimum atomic E-state index is -3.49. The van der Waals surface area contributed by atoms with E-state index >= 15 is 0 Å². The Kier molecular flexibility index (Phi) is 4.07. The second-order valence-corrected chi connectivity index (χ2v) is 8.19. The summed E-state index contributed by atoms with van der Waals surface area (Å²) in [6.45, 7) is 5.74. The molecule has 2 fully saturated rings. The van der Waals surface area contributed by atoms with Crippen LogP contribution >= 0.6 is 0 Å². The third-order valence-corrected chi connectivity index (χ3v) is 5.90. The molecule has 1 aliphatic carbocycles. The predicted molar refractivity (Wildman–Crippen MR) is 78.5 cm³/mol. The quantitative estimate of drug-likeness (QED) is 0.801. The molecule has 21 heavy (non-hydrogen) atoms. The third-order valence-electron chi connectivity index (χ3n) is 4.15. The molecule has 3 rings (SSSR count). The number of hydrogen-bond donors (Lipinski definition) is 0. The number of sulfonamides is 1. The average Bonchev–Trinajstić information content (AvgIpc) is 2.96. The van der Waals surface area contributed by atoms with Crippen molar-refractivity contribution >= 4 is 10.0 Å². The van der Waals surface area contributed by atoms with E-state index in [-0.39, 0.29) is 17.2 Å². The molecule has 0 amide bonds. The average molecular weight is 313 g/mol. The zero-order valence-corrected chi connectivity index (χ0v) is 13.4. The summed E-state index contributed by atoms with van der Waals surface area (Å²) in [4.78, 5) is 4.06. The molecule has 0 N–H and O–H groups in total. The van der Waals surface area contributed by atoms with Crippen LogP contribution < -0.4 is 0 Å². The van der Waals surface area contributed by atoms with E-state index in [1.807, 2.05) is 18.4 Å². The molecule has 118 valence electrons. The summed E-state index contributed by atoms with van der Waals surface area (Å²) in [7, 11) is -3.49. The van der Waals surface area contributed by atoms with E-state index in [0.29, 0.717) is 19.0 Å². The highest BCUT2D eigenvalue weighted by Crippen LogP contribution is 2.30. The van der Waals surface area contributed by atoms with E-state index in [2.05, 4.69) is 4.98 Å². The fourth-order valence-corrected chi connectivity index (χ4v) is 3.88. The first kappa shape index (κ1) is 15.0. The predicted octanol–water partition coefficient (Wildman–Crippen LogP) is 1.65. The second-order valence-electron chi connectivity index (χ2n) is 6.30. The lowest BCUT2D eigenvalue weighted by Crippen LogP contribution is -2.30.